The standard InChI is InChI=1S/C15H14ClFN2O/c1-2-19(10-11-6-4-3-5-7-11)15(20)13-8-12(17)9-18-14(13)16/h3-9H,2,10H2,1H3. The van der Waals surface area contributed by atoms with Gasteiger partial charge in [0, 0.05) is 13.1 Å². The van der Waals surface area contributed by atoms with E-state index >= 15 is 0 Å². The highest BCUT2D eigenvalue weighted by molar-refractivity contribution is 6.32. The molecule has 0 radical (unpaired) electrons. The van der Waals surface area contributed by atoms with Crippen LogP contribution in [0.1, 0.15) is 22.8 Å². The zero-order chi connectivity index (χ0) is 14.5. The summed E-state index contributed by atoms with van der Waals surface area (Å²) in [5.41, 5.74) is 1.09. The number of halogens is 2. The number of carbonyl (C=O) groups excluding carboxylic acids is 1. The number of benzene rings is 1. The van der Waals surface area contributed by atoms with Crippen molar-refractivity contribution in [2.45, 2.75) is 13.5 Å². The predicted molar refractivity (Wildman–Crippen MR) is 76.1 cm³/mol. The van der Waals surface area contributed by atoms with Crippen molar-refractivity contribution in [3.63, 3.8) is 0 Å². The normalized spacial score (nSPS) is 10.3. The Hall–Kier alpha value is -1.94. The molecule has 1 heterocycles. The lowest BCUT2D eigenvalue weighted by Gasteiger charge is -2.21. The molecule has 1 aromatic heterocycles. The first-order valence-electron chi connectivity index (χ1n) is 6.26. The Morgan fingerprint density at radius 2 is 2.05 bits per heavy atom. The fourth-order valence-electron chi connectivity index (χ4n) is 1.87. The monoisotopic (exact) mass is 292 g/mol. The molecular formula is C15H14ClFN2O. The Balaban J connectivity index is 2.23. The SMILES string of the molecule is CCN(Cc1ccccc1)C(=O)c1cc(F)cnc1Cl. The molecule has 0 bridgehead atoms. The number of rotatable bonds is 4. The summed E-state index contributed by atoms with van der Waals surface area (Å²) in [4.78, 5) is 17.6. The Morgan fingerprint density at radius 1 is 1.35 bits per heavy atom. The Morgan fingerprint density at radius 3 is 2.70 bits per heavy atom. The fourth-order valence-corrected chi connectivity index (χ4v) is 2.06. The summed E-state index contributed by atoms with van der Waals surface area (Å²) in [7, 11) is 0. The van der Waals surface area contributed by atoms with E-state index in [9.17, 15) is 9.18 Å². The molecule has 0 fully saturated rings. The molecule has 0 aliphatic carbocycles. The molecule has 5 heteroatoms. The molecule has 0 saturated heterocycles. The average Bonchev–Trinajstić information content (AvgIpc) is 2.47. The van der Waals surface area contributed by atoms with E-state index in [0.717, 1.165) is 17.8 Å². The van der Waals surface area contributed by atoms with Crippen LogP contribution in [0.4, 0.5) is 4.39 Å². The highest BCUT2D eigenvalue weighted by Crippen LogP contribution is 2.17. The van der Waals surface area contributed by atoms with Crippen molar-refractivity contribution in [1.82, 2.24) is 9.88 Å². The third-order valence-electron chi connectivity index (χ3n) is 2.92. The van der Waals surface area contributed by atoms with E-state index in [1.54, 1.807) is 4.90 Å². The van der Waals surface area contributed by atoms with E-state index < -0.39 is 5.82 Å². The highest BCUT2D eigenvalue weighted by atomic mass is 35.5. The summed E-state index contributed by atoms with van der Waals surface area (Å²) in [6, 6.07) is 10.7. The minimum absolute atomic E-state index is 0.0166. The van der Waals surface area contributed by atoms with Gasteiger partial charge >= 0.3 is 0 Å². The van der Waals surface area contributed by atoms with Gasteiger partial charge in [0.1, 0.15) is 11.0 Å². The summed E-state index contributed by atoms with van der Waals surface area (Å²) < 4.78 is 13.2. The number of carbonyl (C=O) groups is 1. The molecule has 0 aliphatic heterocycles. The first kappa shape index (κ1) is 14.5. The number of aromatic nitrogens is 1. The van der Waals surface area contributed by atoms with Gasteiger partial charge in [-0.05, 0) is 18.6 Å². The van der Waals surface area contributed by atoms with Crippen LogP contribution in [0.25, 0.3) is 0 Å². The van der Waals surface area contributed by atoms with Crippen LogP contribution in [0.3, 0.4) is 0 Å². The van der Waals surface area contributed by atoms with Gasteiger partial charge in [-0.3, -0.25) is 4.79 Å². The van der Waals surface area contributed by atoms with Gasteiger partial charge in [0.25, 0.3) is 5.91 Å². The van der Waals surface area contributed by atoms with Crippen molar-refractivity contribution in [3.8, 4) is 0 Å². The van der Waals surface area contributed by atoms with Gasteiger partial charge in [-0.25, -0.2) is 9.37 Å². The molecule has 0 atom stereocenters. The number of pyridine rings is 1. The van der Waals surface area contributed by atoms with Crippen molar-refractivity contribution in [3.05, 3.63) is 64.7 Å². The first-order chi connectivity index (χ1) is 9.61. The molecule has 0 aliphatic rings. The topological polar surface area (TPSA) is 33.2 Å². The molecule has 3 nitrogen and oxygen atoms in total. The summed E-state index contributed by atoms with van der Waals surface area (Å²) >= 11 is 5.87. The minimum atomic E-state index is -0.575. The maximum absolute atomic E-state index is 13.2. The zero-order valence-corrected chi connectivity index (χ0v) is 11.8. The molecular weight excluding hydrogens is 279 g/mol. The van der Waals surface area contributed by atoms with E-state index in [4.69, 9.17) is 11.6 Å². The summed E-state index contributed by atoms with van der Waals surface area (Å²) in [5.74, 6) is -0.901. The molecule has 2 aromatic rings. The quantitative estimate of drug-likeness (QED) is 0.808. The van der Waals surface area contributed by atoms with Crippen molar-refractivity contribution >= 4 is 17.5 Å². The zero-order valence-electron chi connectivity index (χ0n) is 11.0. The van der Waals surface area contributed by atoms with Gasteiger partial charge in [-0.2, -0.15) is 0 Å². The van der Waals surface area contributed by atoms with Crippen LogP contribution in [0.2, 0.25) is 5.15 Å². The maximum atomic E-state index is 13.2. The Bertz CT molecular complexity index is 604. The summed E-state index contributed by atoms with van der Waals surface area (Å²) in [5, 5.41) is 0.0166. The third-order valence-corrected chi connectivity index (χ3v) is 3.22. The second-order valence-electron chi connectivity index (χ2n) is 4.30. The van der Waals surface area contributed by atoms with Gasteiger partial charge in [-0.1, -0.05) is 41.9 Å². The number of amides is 1. The van der Waals surface area contributed by atoms with Crippen molar-refractivity contribution in [1.29, 1.82) is 0 Å². The van der Waals surface area contributed by atoms with Gasteiger partial charge in [0.2, 0.25) is 0 Å². The molecule has 0 N–H and O–H groups in total. The van der Waals surface area contributed by atoms with Gasteiger partial charge < -0.3 is 4.90 Å². The first-order valence-corrected chi connectivity index (χ1v) is 6.64. The molecule has 0 unspecified atom stereocenters. The molecule has 2 rings (SSSR count). The number of hydrogen-bond acceptors (Lipinski definition) is 2. The lowest BCUT2D eigenvalue weighted by molar-refractivity contribution is 0.0752. The summed E-state index contributed by atoms with van der Waals surface area (Å²) in [6.45, 7) is 2.81. The predicted octanol–water partition coefficient (Wildman–Crippen LogP) is 3.54. The maximum Gasteiger partial charge on any atom is 0.257 e. The largest absolute Gasteiger partial charge is 0.335 e. The van der Waals surface area contributed by atoms with E-state index in [-0.39, 0.29) is 16.6 Å². The van der Waals surface area contributed by atoms with E-state index in [1.165, 1.54) is 0 Å². The molecule has 20 heavy (non-hydrogen) atoms. The highest BCUT2D eigenvalue weighted by Gasteiger charge is 2.19. The van der Waals surface area contributed by atoms with E-state index in [1.807, 2.05) is 37.3 Å². The molecule has 1 aromatic carbocycles. The van der Waals surface area contributed by atoms with Crippen LogP contribution in [0.15, 0.2) is 42.6 Å². The summed E-state index contributed by atoms with van der Waals surface area (Å²) in [6.07, 6.45) is 0.993. The van der Waals surface area contributed by atoms with Crippen molar-refractivity contribution in [2.75, 3.05) is 6.54 Å². The lowest BCUT2D eigenvalue weighted by atomic mass is 10.2. The van der Waals surface area contributed by atoms with Crippen LogP contribution in [-0.2, 0) is 6.54 Å². The Kier molecular flexibility index (Phi) is 4.69. The fraction of sp³-hybridized carbons (Fsp3) is 0.200. The van der Waals surface area contributed by atoms with Crippen LogP contribution >= 0.6 is 11.6 Å². The van der Waals surface area contributed by atoms with E-state index in [2.05, 4.69) is 4.98 Å². The molecule has 0 saturated carbocycles. The Labute approximate surface area is 122 Å². The van der Waals surface area contributed by atoms with Crippen molar-refractivity contribution in [2.24, 2.45) is 0 Å². The van der Waals surface area contributed by atoms with Gasteiger partial charge in [0.05, 0.1) is 11.8 Å². The van der Waals surface area contributed by atoms with Crippen LogP contribution in [-0.4, -0.2) is 22.3 Å². The van der Waals surface area contributed by atoms with E-state index in [0.29, 0.717) is 13.1 Å². The van der Waals surface area contributed by atoms with Crippen LogP contribution in [0.5, 0.6) is 0 Å². The second kappa shape index (κ2) is 6.48. The lowest BCUT2D eigenvalue weighted by Crippen LogP contribution is -2.30. The average molecular weight is 293 g/mol. The molecule has 1 amide bonds. The molecule has 0 spiro atoms. The van der Waals surface area contributed by atoms with Crippen LogP contribution < -0.4 is 0 Å². The van der Waals surface area contributed by atoms with Crippen LogP contribution in [0, 0.1) is 5.82 Å². The number of hydrogen-bond donors (Lipinski definition) is 0. The second-order valence-corrected chi connectivity index (χ2v) is 4.65. The molecule has 104 valence electrons. The van der Waals surface area contributed by atoms with Crippen molar-refractivity contribution < 1.29 is 9.18 Å². The smallest absolute Gasteiger partial charge is 0.257 e. The third kappa shape index (κ3) is 3.33. The van der Waals surface area contributed by atoms with Gasteiger partial charge in [0.15, 0.2) is 0 Å². The number of nitrogens with zero attached hydrogens (tertiary/aromatic N) is 2. The minimum Gasteiger partial charge on any atom is -0.335 e. The van der Waals surface area contributed by atoms with Gasteiger partial charge in [-0.15, -0.1) is 0 Å².